The van der Waals surface area contributed by atoms with Gasteiger partial charge in [-0.15, -0.1) is 0 Å². The van der Waals surface area contributed by atoms with Crippen molar-refractivity contribution in [1.82, 2.24) is 4.90 Å². The molecule has 0 amide bonds. The Morgan fingerprint density at radius 3 is 2.71 bits per heavy atom. The third kappa shape index (κ3) is 1.97. The molecule has 1 aliphatic rings. The summed E-state index contributed by atoms with van der Waals surface area (Å²) in [5.41, 5.74) is 8.43. The van der Waals surface area contributed by atoms with Crippen LogP contribution in [0.2, 0.25) is 0 Å². The lowest BCUT2D eigenvalue weighted by Gasteiger charge is -2.38. The third-order valence-electron chi connectivity index (χ3n) is 3.02. The van der Waals surface area contributed by atoms with Gasteiger partial charge in [0.1, 0.15) is 0 Å². The van der Waals surface area contributed by atoms with E-state index < -0.39 is 0 Å². The van der Waals surface area contributed by atoms with Gasteiger partial charge in [0.05, 0.1) is 0 Å². The molecule has 0 aromatic heterocycles. The predicted octanol–water partition coefficient (Wildman–Crippen LogP) is 1.39. The molecule has 0 spiro atoms. The van der Waals surface area contributed by atoms with Crippen LogP contribution in [0.4, 0.5) is 0 Å². The number of rotatable bonds is 3. The molecule has 2 heteroatoms. The highest BCUT2D eigenvalue weighted by atomic mass is 15.2. The summed E-state index contributed by atoms with van der Waals surface area (Å²) in [7, 11) is 0. The van der Waals surface area contributed by atoms with Crippen LogP contribution < -0.4 is 5.73 Å². The van der Waals surface area contributed by atoms with Gasteiger partial charge >= 0.3 is 0 Å². The van der Waals surface area contributed by atoms with Gasteiger partial charge in [0.2, 0.25) is 0 Å². The van der Waals surface area contributed by atoms with Crippen LogP contribution in [0.1, 0.15) is 11.1 Å². The molecule has 1 fully saturated rings. The first-order valence-electron chi connectivity index (χ1n) is 5.26. The average molecular weight is 190 g/mol. The van der Waals surface area contributed by atoms with E-state index in [1.807, 2.05) is 0 Å². The number of hydrogen-bond donors (Lipinski definition) is 1. The standard InChI is InChI=1S/C12H18N2/c1-10-4-2-3-5-12(10)9-14-7-11(6-13)8-14/h2-5,11H,6-9,13H2,1H3. The first-order valence-corrected chi connectivity index (χ1v) is 5.26. The summed E-state index contributed by atoms with van der Waals surface area (Å²) in [5.74, 6) is 0.735. The van der Waals surface area contributed by atoms with Gasteiger partial charge in [0.15, 0.2) is 0 Å². The smallest absolute Gasteiger partial charge is 0.0236 e. The highest BCUT2D eigenvalue weighted by molar-refractivity contribution is 5.25. The second kappa shape index (κ2) is 4.11. The van der Waals surface area contributed by atoms with Crippen molar-refractivity contribution in [2.24, 2.45) is 11.7 Å². The minimum absolute atomic E-state index is 0.735. The number of hydrogen-bond acceptors (Lipinski definition) is 2. The van der Waals surface area contributed by atoms with E-state index in [-0.39, 0.29) is 0 Å². The Kier molecular flexibility index (Phi) is 2.85. The van der Waals surface area contributed by atoms with Gasteiger partial charge in [-0.3, -0.25) is 4.90 Å². The third-order valence-corrected chi connectivity index (χ3v) is 3.02. The predicted molar refractivity (Wildman–Crippen MR) is 59.0 cm³/mol. The maximum atomic E-state index is 5.59. The van der Waals surface area contributed by atoms with Crippen LogP contribution in [0.15, 0.2) is 24.3 Å². The number of likely N-dealkylation sites (tertiary alicyclic amines) is 1. The molecule has 0 saturated carbocycles. The summed E-state index contributed by atoms with van der Waals surface area (Å²) >= 11 is 0. The zero-order valence-corrected chi connectivity index (χ0v) is 8.74. The van der Waals surface area contributed by atoms with Gasteiger partial charge in [-0.1, -0.05) is 24.3 Å². The molecule has 76 valence electrons. The monoisotopic (exact) mass is 190 g/mol. The summed E-state index contributed by atoms with van der Waals surface area (Å²) in [6.45, 7) is 6.44. The van der Waals surface area contributed by atoms with Gasteiger partial charge in [-0.05, 0) is 30.5 Å². The van der Waals surface area contributed by atoms with Crippen molar-refractivity contribution in [3.8, 4) is 0 Å². The van der Waals surface area contributed by atoms with Crippen molar-refractivity contribution < 1.29 is 0 Å². The Morgan fingerprint density at radius 2 is 2.07 bits per heavy atom. The molecule has 0 radical (unpaired) electrons. The van der Waals surface area contributed by atoms with E-state index in [0.717, 1.165) is 19.0 Å². The normalized spacial score (nSPS) is 18.1. The van der Waals surface area contributed by atoms with Crippen LogP contribution in [0.3, 0.4) is 0 Å². The molecular formula is C12H18N2. The van der Waals surface area contributed by atoms with Crippen LogP contribution in [-0.2, 0) is 6.54 Å². The molecule has 0 atom stereocenters. The number of aryl methyl sites for hydroxylation is 1. The summed E-state index contributed by atoms with van der Waals surface area (Å²) in [6, 6.07) is 8.60. The van der Waals surface area contributed by atoms with E-state index in [9.17, 15) is 0 Å². The first kappa shape index (κ1) is 9.69. The molecule has 2 N–H and O–H groups in total. The summed E-state index contributed by atoms with van der Waals surface area (Å²) < 4.78 is 0. The average Bonchev–Trinajstić information content (AvgIpc) is 2.13. The van der Waals surface area contributed by atoms with Crippen molar-refractivity contribution in [2.75, 3.05) is 19.6 Å². The zero-order valence-electron chi connectivity index (χ0n) is 8.74. The highest BCUT2D eigenvalue weighted by Crippen LogP contribution is 2.18. The molecular weight excluding hydrogens is 172 g/mol. The highest BCUT2D eigenvalue weighted by Gasteiger charge is 2.24. The number of benzene rings is 1. The summed E-state index contributed by atoms with van der Waals surface area (Å²) in [5, 5.41) is 0. The van der Waals surface area contributed by atoms with E-state index in [2.05, 4.69) is 36.1 Å². The van der Waals surface area contributed by atoms with Crippen molar-refractivity contribution in [2.45, 2.75) is 13.5 Å². The first-order chi connectivity index (χ1) is 6.79. The largest absolute Gasteiger partial charge is 0.330 e. The van der Waals surface area contributed by atoms with E-state index in [0.29, 0.717) is 0 Å². The Labute approximate surface area is 85.7 Å². The van der Waals surface area contributed by atoms with Gasteiger partial charge < -0.3 is 5.73 Å². The molecule has 1 aromatic carbocycles. The number of nitrogens with zero attached hydrogens (tertiary/aromatic N) is 1. The Hall–Kier alpha value is -0.860. The second-order valence-corrected chi connectivity index (χ2v) is 4.22. The molecule has 2 nitrogen and oxygen atoms in total. The summed E-state index contributed by atoms with van der Waals surface area (Å²) in [4.78, 5) is 2.46. The lowest BCUT2D eigenvalue weighted by Crippen LogP contribution is -2.49. The van der Waals surface area contributed by atoms with Crippen LogP contribution in [-0.4, -0.2) is 24.5 Å². The molecule has 14 heavy (non-hydrogen) atoms. The fourth-order valence-electron chi connectivity index (χ4n) is 1.98. The van der Waals surface area contributed by atoms with Gasteiger partial charge in [-0.25, -0.2) is 0 Å². The Balaban J connectivity index is 1.90. The molecule has 1 aliphatic heterocycles. The van der Waals surface area contributed by atoms with Crippen molar-refractivity contribution in [3.63, 3.8) is 0 Å². The van der Waals surface area contributed by atoms with Gasteiger partial charge in [0, 0.05) is 19.6 Å². The van der Waals surface area contributed by atoms with Crippen LogP contribution >= 0.6 is 0 Å². The molecule has 1 aromatic rings. The topological polar surface area (TPSA) is 29.3 Å². The number of nitrogens with two attached hydrogens (primary N) is 1. The lowest BCUT2D eigenvalue weighted by atomic mass is 9.98. The van der Waals surface area contributed by atoms with E-state index in [1.54, 1.807) is 0 Å². The SMILES string of the molecule is Cc1ccccc1CN1CC(CN)C1. The Bertz CT molecular complexity index is 303. The van der Waals surface area contributed by atoms with Crippen LogP contribution in [0.5, 0.6) is 0 Å². The maximum absolute atomic E-state index is 5.59. The molecule has 0 aliphatic carbocycles. The molecule has 0 bridgehead atoms. The van der Waals surface area contributed by atoms with Crippen LogP contribution in [0, 0.1) is 12.8 Å². The van der Waals surface area contributed by atoms with E-state index in [1.165, 1.54) is 24.2 Å². The zero-order chi connectivity index (χ0) is 9.97. The maximum Gasteiger partial charge on any atom is 0.0236 e. The lowest BCUT2D eigenvalue weighted by molar-refractivity contribution is 0.0977. The van der Waals surface area contributed by atoms with Gasteiger partial charge in [0.25, 0.3) is 0 Å². The van der Waals surface area contributed by atoms with Crippen molar-refractivity contribution in [1.29, 1.82) is 0 Å². The van der Waals surface area contributed by atoms with E-state index in [4.69, 9.17) is 5.73 Å². The second-order valence-electron chi connectivity index (χ2n) is 4.22. The van der Waals surface area contributed by atoms with E-state index >= 15 is 0 Å². The van der Waals surface area contributed by atoms with Crippen molar-refractivity contribution in [3.05, 3.63) is 35.4 Å². The molecule has 1 heterocycles. The fourth-order valence-corrected chi connectivity index (χ4v) is 1.98. The minimum atomic E-state index is 0.735. The molecule has 0 unspecified atom stereocenters. The van der Waals surface area contributed by atoms with Gasteiger partial charge in [-0.2, -0.15) is 0 Å². The molecule has 2 rings (SSSR count). The molecule has 1 saturated heterocycles. The minimum Gasteiger partial charge on any atom is -0.330 e. The van der Waals surface area contributed by atoms with Crippen molar-refractivity contribution >= 4 is 0 Å². The summed E-state index contributed by atoms with van der Waals surface area (Å²) in [6.07, 6.45) is 0. The fraction of sp³-hybridized carbons (Fsp3) is 0.500. The van der Waals surface area contributed by atoms with Crippen LogP contribution in [0.25, 0.3) is 0 Å². The Morgan fingerprint density at radius 1 is 1.36 bits per heavy atom. The quantitative estimate of drug-likeness (QED) is 0.780.